The molecule has 106 valence electrons. The number of aromatic nitrogens is 2. The summed E-state index contributed by atoms with van der Waals surface area (Å²) in [5.41, 5.74) is 1.03. The molecule has 1 N–H and O–H groups in total. The van der Waals surface area contributed by atoms with Crippen LogP contribution < -0.4 is 10.1 Å². The van der Waals surface area contributed by atoms with Crippen molar-refractivity contribution in [2.75, 3.05) is 7.11 Å². The number of hydrogen-bond acceptors (Lipinski definition) is 4. The largest absolute Gasteiger partial charge is 0.495 e. The van der Waals surface area contributed by atoms with E-state index in [0.717, 1.165) is 30.9 Å². The number of imidazole rings is 1. The predicted molar refractivity (Wildman–Crippen MR) is 77.4 cm³/mol. The highest BCUT2D eigenvalue weighted by Gasteiger charge is 2.23. The molecule has 1 amide bonds. The second-order valence-electron chi connectivity index (χ2n) is 4.98. The minimum atomic E-state index is -0.0536. The fourth-order valence-corrected chi connectivity index (χ4v) is 3.34. The van der Waals surface area contributed by atoms with Gasteiger partial charge in [0.2, 0.25) is 0 Å². The molecule has 0 spiro atoms. The van der Waals surface area contributed by atoms with Crippen molar-refractivity contribution < 1.29 is 9.53 Å². The lowest BCUT2D eigenvalue weighted by molar-refractivity contribution is 0.0929. The van der Waals surface area contributed by atoms with Gasteiger partial charge in [0.25, 0.3) is 5.91 Å². The van der Waals surface area contributed by atoms with E-state index in [4.69, 9.17) is 4.74 Å². The zero-order valence-corrected chi connectivity index (χ0v) is 12.4. The second kappa shape index (κ2) is 5.28. The number of methoxy groups -OCH3 is 1. The van der Waals surface area contributed by atoms with Crippen molar-refractivity contribution in [2.24, 2.45) is 0 Å². The zero-order valence-electron chi connectivity index (χ0n) is 11.5. The van der Waals surface area contributed by atoms with Crippen LogP contribution in [-0.2, 0) is 13.0 Å². The molecule has 2 aromatic heterocycles. The molecule has 0 aromatic carbocycles. The number of thiophene rings is 1. The van der Waals surface area contributed by atoms with Gasteiger partial charge in [0.15, 0.2) is 0 Å². The minimum absolute atomic E-state index is 0.0536. The van der Waals surface area contributed by atoms with Crippen LogP contribution >= 0.6 is 11.3 Å². The number of carbonyl (C=O) groups excluding carboxylic acids is 1. The van der Waals surface area contributed by atoms with E-state index in [-0.39, 0.29) is 11.9 Å². The number of carbonyl (C=O) groups is 1. The summed E-state index contributed by atoms with van der Waals surface area (Å²) < 4.78 is 7.32. The first kappa shape index (κ1) is 13.2. The van der Waals surface area contributed by atoms with Crippen molar-refractivity contribution in [3.8, 4) is 5.75 Å². The summed E-state index contributed by atoms with van der Waals surface area (Å²) in [4.78, 5) is 17.4. The molecule has 0 unspecified atom stereocenters. The Hall–Kier alpha value is -1.82. The van der Waals surface area contributed by atoms with Crippen LogP contribution in [0.4, 0.5) is 0 Å². The second-order valence-corrected chi connectivity index (χ2v) is 5.89. The van der Waals surface area contributed by atoms with Crippen molar-refractivity contribution in [3.05, 3.63) is 34.0 Å². The lowest BCUT2D eigenvalue weighted by atomic mass is 10.1. The molecule has 0 aliphatic carbocycles. The molecule has 20 heavy (non-hydrogen) atoms. The molecular formula is C14H17N3O2S. The topological polar surface area (TPSA) is 56.1 Å². The van der Waals surface area contributed by atoms with Gasteiger partial charge in [-0.2, -0.15) is 0 Å². The van der Waals surface area contributed by atoms with E-state index in [1.54, 1.807) is 7.11 Å². The summed E-state index contributed by atoms with van der Waals surface area (Å²) in [7, 11) is 1.58. The Labute approximate surface area is 121 Å². The number of ether oxygens (including phenoxy) is 1. The molecule has 0 saturated heterocycles. The van der Waals surface area contributed by atoms with E-state index in [1.165, 1.54) is 11.3 Å². The van der Waals surface area contributed by atoms with Gasteiger partial charge >= 0.3 is 0 Å². The van der Waals surface area contributed by atoms with Crippen molar-refractivity contribution in [2.45, 2.75) is 32.4 Å². The van der Waals surface area contributed by atoms with Gasteiger partial charge < -0.3 is 14.6 Å². The molecule has 3 heterocycles. The SMILES string of the molecule is COc1ccsc1C(=O)N[C@H]1CCc2nc(C)cn2C1. The molecule has 1 aliphatic heterocycles. The van der Waals surface area contributed by atoms with Crippen LogP contribution in [0.1, 0.15) is 27.6 Å². The molecule has 1 aliphatic rings. The molecule has 0 saturated carbocycles. The Morgan fingerprint density at radius 2 is 2.45 bits per heavy atom. The maximum Gasteiger partial charge on any atom is 0.265 e. The molecule has 0 fully saturated rings. The molecule has 0 radical (unpaired) electrons. The number of hydrogen-bond donors (Lipinski definition) is 1. The van der Waals surface area contributed by atoms with Crippen molar-refractivity contribution in [1.82, 2.24) is 14.9 Å². The summed E-state index contributed by atoms with van der Waals surface area (Å²) in [6.45, 7) is 2.78. The van der Waals surface area contributed by atoms with Gasteiger partial charge in [-0.25, -0.2) is 4.98 Å². The summed E-state index contributed by atoms with van der Waals surface area (Å²) in [5.74, 6) is 1.70. The van der Waals surface area contributed by atoms with Gasteiger partial charge in [-0.3, -0.25) is 4.79 Å². The van der Waals surface area contributed by atoms with Crippen LogP contribution in [0.2, 0.25) is 0 Å². The van der Waals surface area contributed by atoms with Crippen LogP contribution in [0.15, 0.2) is 17.6 Å². The highest BCUT2D eigenvalue weighted by Crippen LogP contribution is 2.24. The fourth-order valence-electron chi connectivity index (χ4n) is 2.58. The highest BCUT2D eigenvalue weighted by atomic mass is 32.1. The predicted octanol–water partition coefficient (Wildman–Crippen LogP) is 2.01. The third-order valence-corrected chi connectivity index (χ3v) is 4.40. The van der Waals surface area contributed by atoms with Gasteiger partial charge in [-0.15, -0.1) is 11.3 Å². The summed E-state index contributed by atoms with van der Waals surface area (Å²) in [6.07, 6.45) is 3.87. The van der Waals surface area contributed by atoms with E-state index in [2.05, 4.69) is 14.9 Å². The maximum atomic E-state index is 12.3. The Kier molecular flexibility index (Phi) is 3.48. The molecule has 3 rings (SSSR count). The average molecular weight is 291 g/mol. The van der Waals surface area contributed by atoms with E-state index in [0.29, 0.717) is 10.6 Å². The average Bonchev–Trinajstić information content (AvgIpc) is 3.02. The first-order chi connectivity index (χ1) is 9.67. The fraction of sp³-hybridized carbons (Fsp3) is 0.429. The summed E-state index contributed by atoms with van der Waals surface area (Å²) >= 11 is 1.40. The van der Waals surface area contributed by atoms with Crippen molar-refractivity contribution >= 4 is 17.2 Å². The molecule has 1 atom stereocenters. The lowest BCUT2D eigenvalue weighted by Crippen LogP contribution is -2.40. The van der Waals surface area contributed by atoms with Gasteiger partial charge in [0.05, 0.1) is 12.8 Å². The summed E-state index contributed by atoms with van der Waals surface area (Å²) in [6, 6.07) is 1.97. The first-order valence-electron chi connectivity index (χ1n) is 6.62. The quantitative estimate of drug-likeness (QED) is 0.941. The Bertz CT molecular complexity index is 632. The Morgan fingerprint density at radius 3 is 3.25 bits per heavy atom. The standard InChI is InChI=1S/C14H17N3O2S/c1-9-7-17-8-10(3-4-12(17)15-9)16-14(18)13-11(19-2)5-6-20-13/h5-7,10H,3-4,8H2,1-2H3,(H,16,18)/t10-/m0/s1. The number of aryl methyl sites for hydroxylation is 2. The summed E-state index contributed by atoms with van der Waals surface area (Å²) in [5, 5.41) is 4.96. The van der Waals surface area contributed by atoms with Gasteiger partial charge in [0.1, 0.15) is 16.5 Å². The molecule has 5 nitrogen and oxygen atoms in total. The minimum Gasteiger partial charge on any atom is -0.495 e. The highest BCUT2D eigenvalue weighted by molar-refractivity contribution is 7.12. The Morgan fingerprint density at radius 1 is 1.60 bits per heavy atom. The monoisotopic (exact) mass is 291 g/mol. The number of amides is 1. The van der Waals surface area contributed by atoms with Crippen LogP contribution in [-0.4, -0.2) is 28.6 Å². The van der Waals surface area contributed by atoms with Gasteiger partial charge in [-0.1, -0.05) is 0 Å². The van der Waals surface area contributed by atoms with Crippen LogP contribution in [0.25, 0.3) is 0 Å². The molecule has 2 aromatic rings. The van der Waals surface area contributed by atoms with E-state index < -0.39 is 0 Å². The number of nitrogens with zero attached hydrogens (tertiary/aromatic N) is 2. The smallest absolute Gasteiger partial charge is 0.265 e. The molecule has 0 bridgehead atoms. The number of fused-ring (bicyclic) bond motifs is 1. The van der Waals surface area contributed by atoms with E-state index >= 15 is 0 Å². The van der Waals surface area contributed by atoms with Gasteiger partial charge in [0, 0.05) is 25.2 Å². The van der Waals surface area contributed by atoms with Crippen LogP contribution in [0.5, 0.6) is 5.75 Å². The van der Waals surface area contributed by atoms with E-state index in [1.807, 2.05) is 24.6 Å². The number of nitrogens with one attached hydrogen (secondary N) is 1. The van der Waals surface area contributed by atoms with Crippen LogP contribution in [0.3, 0.4) is 0 Å². The third kappa shape index (κ3) is 2.43. The van der Waals surface area contributed by atoms with Crippen molar-refractivity contribution in [3.63, 3.8) is 0 Å². The lowest BCUT2D eigenvalue weighted by Gasteiger charge is -2.24. The molecule has 6 heteroatoms. The number of rotatable bonds is 3. The van der Waals surface area contributed by atoms with Crippen LogP contribution in [0, 0.1) is 6.92 Å². The normalized spacial score (nSPS) is 17.6. The van der Waals surface area contributed by atoms with E-state index in [9.17, 15) is 4.79 Å². The Balaban J connectivity index is 1.69. The van der Waals surface area contributed by atoms with Gasteiger partial charge in [-0.05, 0) is 24.8 Å². The zero-order chi connectivity index (χ0) is 14.1. The first-order valence-corrected chi connectivity index (χ1v) is 7.50. The maximum absolute atomic E-state index is 12.3. The molecular weight excluding hydrogens is 274 g/mol. The third-order valence-electron chi connectivity index (χ3n) is 3.50. The van der Waals surface area contributed by atoms with Crippen molar-refractivity contribution in [1.29, 1.82) is 0 Å².